The minimum atomic E-state index is -0.277. The van der Waals surface area contributed by atoms with Gasteiger partial charge in [0.2, 0.25) is 0 Å². The van der Waals surface area contributed by atoms with Crippen LogP contribution in [0.3, 0.4) is 0 Å². The summed E-state index contributed by atoms with van der Waals surface area (Å²) in [6.07, 6.45) is 1.67. The summed E-state index contributed by atoms with van der Waals surface area (Å²) in [5.41, 5.74) is 2.30. The van der Waals surface area contributed by atoms with Crippen LogP contribution in [0.15, 0.2) is 83.7 Å². The average Bonchev–Trinajstić information content (AvgIpc) is 2.77. The summed E-state index contributed by atoms with van der Waals surface area (Å²) in [6, 6.07) is 26.5. The second kappa shape index (κ2) is 8.24. The lowest BCUT2D eigenvalue weighted by molar-refractivity contribution is 0.305. The number of nitrogens with zero attached hydrogens (tertiary/aromatic N) is 2. The Labute approximate surface area is 167 Å². The van der Waals surface area contributed by atoms with Gasteiger partial charge < -0.3 is 9.72 Å². The fourth-order valence-corrected chi connectivity index (χ4v) is 2.99. The number of aromatic amines is 1. The Bertz CT molecular complexity index is 1280. The highest BCUT2D eigenvalue weighted by Gasteiger charge is 2.10. The Kier molecular flexibility index (Phi) is 5.17. The molecule has 3 aromatic carbocycles. The molecule has 0 aliphatic carbocycles. The minimum Gasteiger partial charge on any atom is -0.488 e. The molecule has 0 amide bonds. The number of rotatable bonds is 5. The van der Waals surface area contributed by atoms with Crippen LogP contribution in [0.1, 0.15) is 17.0 Å². The quantitative estimate of drug-likeness (QED) is 0.515. The molecule has 0 saturated carbocycles. The average molecular weight is 379 g/mol. The number of hydrogen-bond donors (Lipinski definition) is 1. The molecule has 1 aromatic heterocycles. The molecule has 0 fully saturated rings. The third-order valence-corrected chi connectivity index (χ3v) is 4.44. The Balaban J connectivity index is 1.69. The van der Waals surface area contributed by atoms with Crippen molar-refractivity contribution in [1.29, 1.82) is 5.26 Å². The van der Waals surface area contributed by atoms with Gasteiger partial charge in [-0.25, -0.2) is 4.98 Å². The summed E-state index contributed by atoms with van der Waals surface area (Å²) in [5, 5.41) is 10.2. The molecule has 0 saturated heterocycles. The monoisotopic (exact) mass is 379 g/mol. The number of allylic oxidation sites excluding steroid dienone is 1. The Morgan fingerprint density at radius 1 is 1.00 bits per heavy atom. The minimum absolute atomic E-state index is 0.231. The van der Waals surface area contributed by atoms with E-state index in [9.17, 15) is 10.1 Å². The number of benzene rings is 3. The predicted molar refractivity (Wildman–Crippen MR) is 113 cm³/mol. The largest absolute Gasteiger partial charge is 0.488 e. The number of nitrogens with one attached hydrogen (secondary N) is 1. The molecule has 1 heterocycles. The smallest absolute Gasteiger partial charge is 0.259 e. The molecule has 0 atom stereocenters. The van der Waals surface area contributed by atoms with E-state index in [0.717, 1.165) is 11.1 Å². The van der Waals surface area contributed by atoms with Gasteiger partial charge in [0.15, 0.2) is 5.82 Å². The molecular weight excluding hydrogens is 362 g/mol. The first-order chi connectivity index (χ1) is 14.2. The van der Waals surface area contributed by atoms with Crippen molar-refractivity contribution in [2.45, 2.75) is 6.61 Å². The fourth-order valence-electron chi connectivity index (χ4n) is 2.99. The van der Waals surface area contributed by atoms with E-state index < -0.39 is 0 Å². The van der Waals surface area contributed by atoms with Gasteiger partial charge >= 0.3 is 0 Å². The van der Waals surface area contributed by atoms with E-state index in [1.54, 1.807) is 30.3 Å². The molecule has 0 unspecified atom stereocenters. The van der Waals surface area contributed by atoms with E-state index in [1.165, 1.54) is 0 Å². The van der Waals surface area contributed by atoms with Crippen LogP contribution in [0.5, 0.6) is 5.75 Å². The first kappa shape index (κ1) is 18.2. The summed E-state index contributed by atoms with van der Waals surface area (Å²) in [6.45, 7) is 0.415. The summed E-state index contributed by atoms with van der Waals surface area (Å²) < 4.78 is 5.95. The number of hydrogen-bond acceptors (Lipinski definition) is 4. The first-order valence-corrected chi connectivity index (χ1v) is 9.11. The van der Waals surface area contributed by atoms with Gasteiger partial charge in [-0.05, 0) is 29.8 Å². The third-order valence-electron chi connectivity index (χ3n) is 4.44. The number of nitriles is 1. The highest BCUT2D eigenvalue weighted by molar-refractivity contribution is 5.90. The molecule has 0 spiro atoms. The van der Waals surface area contributed by atoms with Crippen molar-refractivity contribution in [2.24, 2.45) is 0 Å². The number of aromatic nitrogens is 2. The van der Waals surface area contributed by atoms with Gasteiger partial charge in [0, 0.05) is 5.56 Å². The fraction of sp³-hybridized carbons (Fsp3) is 0.0417. The van der Waals surface area contributed by atoms with Crippen LogP contribution in [0.2, 0.25) is 0 Å². The van der Waals surface area contributed by atoms with E-state index in [-0.39, 0.29) is 17.0 Å². The van der Waals surface area contributed by atoms with Crippen LogP contribution in [-0.2, 0) is 6.61 Å². The zero-order valence-electron chi connectivity index (χ0n) is 15.5. The van der Waals surface area contributed by atoms with Gasteiger partial charge in [-0.1, -0.05) is 60.7 Å². The Morgan fingerprint density at radius 2 is 1.72 bits per heavy atom. The lowest BCUT2D eigenvalue weighted by Crippen LogP contribution is -2.11. The van der Waals surface area contributed by atoms with Crippen molar-refractivity contribution in [3.05, 3.63) is 106 Å². The predicted octanol–water partition coefficient (Wildman–Crippen LogP) is 4.57. The molecule has 0 bridgehead atoms. The number of fused-ring (bicyclic) bond motifs is 1. The number of para-hydroxylation sites is 2. The number of ether oxygens (including phenoxy) is 1. The highest BCUT2D eigenvalue weighted by atomic mass is 16.5. The lowest BCUT2D eigenvalue weighted by atomic mass is 10.1. The van der Waals surface area contributed by atoms with Gasteiger partial charge in [0.1, 0.15) is 18.4 Å². The molecule has 1 N–H and O–H groups in total. The molecule has 0 aliphatic rings. The Morgan fingerprint density at radius 3 is 2.55 bits per heavy atom. The maximum atomic E-state index is 12.3. The van der Waals surface area contributed by atoms with Gasteiger partial charge in [-0.2, -0.15) is 5.26 Å². The topological polar surface area (TPSA) is 78.8 Å². The van der Waals surface area contributed by atoms with Crippen LogP contribution in [-0.4, -0.2) is 9.97 Å². The molecule has 29 heavy (non-hydrogen) atoms. The van der Waals surface area contributed by atoms with Crippen LogP contribution < -0.4 is 10.3 Å². The molecule has 140 valence electrons. The van der Waals surface area contributed by atoms with Crippen molar-refractivity contribution in [3.8, 4) is 11.8 Å². The van der Waals surface area contributed by atoms with E-state index in [2.05, 4.69) is 16.0 Å². The van der Waals surface area contributed by atoms with Crippen molar-refractivity contribution in [3.63, 3.8) is 0 Å². The van der Waals surface area contributed by atoms with Crippen LogP contribution in [0, 0.1) is 11.3 Å². The van der Waals surface area contributed by atoms with Crippen molar-refractivity contribution in [1.82, 2.24) is 9.97 Å². The lowest BCUT2D eigenvalue weighted by Gasteiger charge is -2.10. The van der Waals surface area contributed by atoms with E-state index in [0.29, 0.717) is 23.3 Å². The van der Waals surface area contributed by atoms with Gasteiger partial charge in [-0.3, -0.25) is 4.79 Å². The summed E-state index contributed by atoms with van der Waals surface area (Å²) >= 11 is 0. The highest BCUT2D eigenvalue weighted by Crippen LogP contribution is 2.24. The van der Waals surface area contributed by atoms with Gasteiger partial charge in [0.25, 0.3) is 5.56 Å². The van der Waals surface area contributed by atoms with E-state index >= 15 is 0 Å². The zero-order valence-corrected chi connectivity index (χ0v) is 15.5. The molecular formula is C24H17N3O2. The van der Waals surface area contributed by atoms with Crippen LogP contribution in [0.25, 0.3) is 22.6 Å². The van der Waals surface area contributed by atoms with Crippen molar-refractivity contribution >= 4 is 22.6 Å². The first-order valence-electron chi connectivity index (χ1n) is 9.11. The molecule has 0 aliphatic heterocycles. The molecule has 4 aromatic rings. The molecule has 5 heteroatoms. The SMILES string of the molecule is N#CC(=Cc1ccccc1OCc1ccccc1)c1nc2ccccc2c(=O)[nH]1. The Hall–Kier alpha value is -4.17. The van der Waals surface area contributed by atoms with Gasteiger partial charge in [-0.15, -0.1) is 0 Å². The third kappa shape index (κ3) is 4.07. The van der Waals surface area contributed by atoms with E-state index in [1.807, 2.05) is 54.6 Å². The second-order valence-corrected chi connectivity index (χ2v) is 6.41. The van der Waals surface area contributed by atoms with Crippen molar-refractivity contribution < 1.29 is 4.74 Å². The van der Waals surface area contributed by atoms with E-state index in [4.69, 9.17) is 4.74 Å². The molecule has 4 rings (SSSR count). The van der Waals surface area contributed by atoms with Crippen molar-refractivity contribution in [2.75, 3.05) is 0 Å². The standard InChI is InChI=1S/C24H17N3O2/c25-15-19(23-26-21-12-6-5-11-20(21)24(28)27-23)14-18-10-4-7-13-22(18)29-16-17-8-2-1-3-9-17/h1-14H,16H2,(H,26,27,28). The number of H-pyrrole nitrogens is 1. The molecule has 5 nitrogen and oxygen atoms in total. The summed E-state index contributed by atoms with van der Waals surface area (Å²) in [7, 11) is 0. The van der Waals surface area contributed by atoms with Crippen LogP contribution in [0.4, 0.5) is 0 Å². The maximum absolute atomic E-state index is 12.3. The normalized spacial score (nSPS) is 11.2. The van der Waals surface area contributed by atoms with Gasteiger partial charge in [0.05, 0.1) is 16.5 Å². The second-order valence-electron chi connectivity index (χ2n) is 6.41. The molecule has 0 radical (unpaired) electrons. The van der Waals surface area contributed by atoms with Crippen LogP contribution >= 0.6 is 0 Å². The summed E-state index contributed by atoms with van der Waals surface area (Å²) in [4.78, 5) is 19.5. The summed E-state index contributed by atoms with van der Waals surface area (Å²) in [5.74, 6) is 0.876. The zero-order chi connectivity index (χ0) is 20.1. The maximum Gasteiger partial charge on any atom is 0.259 e.